The zero-order valence-electron chi connectivity index (χ0n) is 11.9. The number of nitrogens with one attached hydrogen (secondary N) is 1. The molecule has 2 unspecified atom stereocenters. The second kappa shape index (κ2) is 6.81. The Morgan fingerprint density at radius 2 is 1.67 bits per heavy atom. The van der Waals surface area contributed by atoms with Crippen molar-refractivity contribution in [2.24, 2.45) is 5.92 Å². The molecule has 1 N–H and O–H groups in total. The summed E-state index contributed by atoms with van der Waals surface area (Å²) in [7, 11) is 0. The molecule has 0 aliphatic carbocycles. The number of carbonyl (C=O) groups is 1. The first-order valence-corrected chi connectivity index (χ1v) is 8.47. The van der Waals surface area contributed by atoms with Crippen LogP contribution in [0.2, 0.25) is 0 Å². The van der Waals surface area contributed by atoms with Gasteiger partial charge in [-0.2, -0.15) is 11.8 Å². The van der Waals surface area contributed by atoms with E-state index in [4.69, 9.17) is 0 Å². The molecule has 3 rings (SSSR count). The molecule has 2 atom stereocenters. The van der Waals surface area contributed by atoms with Gasteiger partial charge in [-0.05, 0) is 17.7 Å². The van der Waals surface area contributed by atoms with Crippen molar-refractivity contribution in [3.63, 3.8) is 0 Å². The van der Waals surface area contributed by atoms with Gasteiger partial charge in [0.1, 0.15) is 5.78 Å². The molecule has 2 aromatic carbocycles. The van der Waals surface area contributed by atoms with Crippen LogP contribution in [0.5, 0.6) is 0 Å². The highest BCUT2D eigenvalue weighted by Gasteiger charge is 2.31. The molecule has 2 aromatic rings. The molecule has 1 aliphatic rings. The minimum atomic E-state index is 0.0476. The lowest BCUT2D eigenvalue weighted by atomic mass is 9.89. The molecular weight excluding hydrogens is 278 g/mol. The van der Waals surface area contributed by atoms with E-state index in [1.807, 2.05) is 48.2 Å². The van der Waals surface area contributed by atoms with E-state index in [0.717, 1.165) is 17.2 Å². The van der Waals surface area contributed by atoms with E-state index in [0.29, 0.717) is 12.2 Å². The number of anilines is 1. The molecule has 3 heteroatoms. The van der Waals surface area contributed by atoms with Crippen LogP contribution >= 0.6 is 11.8 Å². The van der Waals surface area contributed by atoms with Gasteiger partial charge in [-0.3, -0.25) is 4.79 Å². The Morgan fingerprint density at radius 1 is 1.00 bits per heavy atom. The Bertz CT molecular complexity index is 585. The van der Waals surface area contributed by atoms with Gasteiger partial charge in [-0.1, -0.05) is 48.5 Å². The maximum absolute atomic E-state index is 12.3. The summed E-state index contributed by atoms with van der Waals surface area (Å²) in [5, 5.41) is 3.56. The van der Waals surface area contributed by atoms with Crippen LogP contribution in [0.3, 0.4) is 0 Å². The summed E-state index contributed by atoms with van der Waals surface area (Å²) in [6, 6.07) is 20.5. The Kier molecular flexibility index (Phi) is 4.61. The number of para-hydroxylation sites is 1. The molecule has 108 valence electrons. The van der Waals surface area contributed by atoms with Crippen molar-refractivity contribution >= 4 is 23.2 Å². The Morgan fingerprint density at radius 3 is 2.33 bits per heavy atom. The Labute approximate surface area is 130 Å². The van der Waals surface area contributed by atoms with Gasteiger partial charge < -0.3 is 5.32 Å². The van der Waals surface area contributed by atoms with E-state index >= 15 is 0 Å². The van der Waals surface area contributed by atoms with E-state index in [2.05, 4.69) is 29.6 Å². The van der Waals surface area contributed by atoms with Crippen molar-refractivity contribution in [1.82, 2.24) is 0 Å². The van der Waals surface area contributed by atoms with E-state index in [1.54, 1.807) is 0 Å². The molecule has 2 nitrogen and oxygen atoms in total. The maximum Gasteiger partial charge on any atom is 0.140 e. The fourth-order valence-corrected chi connectivity index (χ4v) is 3.88. The summed E-state index contributed by atoms with van der Waals surface area (Å²) < 4.78 is 0. The Balaban J connectivity index is 1.89. The quantitative estimate of drug-likeness (QED) is 0.918. The van der Waals surface area contributed by atoms with E-state index < -0.39 is 0 Å². The van der Waals surface area contributed by atoms with Crippen LogP contribution in [0.15, 0.2) is 60.7 Å². The van der Waals surface area contributed by atoms with Crippen LogP contribution in [-0.4, -0.2) is 17.3 Å². The number of hydrogen-bond donors (Lipinski definition) is 1. The van der Waals surface area contributed by atoms with Gasteiger partial charge in [-0.15, -0.1) is 0 Å². The normalized spacial score (nSPS) is 20.0. The minimum absolute atomic E-state index is 0.0476. The molecule has 0 spiro atoms. The molecule has 1 aliphatic heterocycles. The van der Waals surface area contributed by atoms with Crippen molar-refractivity contribution in [2.75, 3.05) is 16.8 Å². The number of Topliss-reactive ketones (excluding diaryl/α,β-unsaturated/α-hetero) is 1. The van der Waals surface area contributed by atoms with Crippen LogP contribution in [-0.2, 0) is 4.79 Å². The summed E-state index contributed by atoms with van der Waals surface area (Å²) in [5.74, 6) is 2.29. The van der Waals surface area contributed by atoms with Crippen molar-refractivity contribution in [2.45, 2.75) is 12.5 Å². The highest BCUT2D eigenvalue weighted by molar-refractivity contribution is 7.99. The molecule has 21 heavy (non-hydrogen) atoms. The first kappa shape index (κ1) is 14.2. The number of carbonyl (C=O) groups excluding carboxylic acids is 1. The lowest BCUT2D eigenvalue weighted by molar-refractivity contribution is -0.122. The van der Waals surface area contributed by atoms with Crippen LogP contribution in [0.1, 0.15) is 18.0 Å². The van der Waals surface area contributed by atoms with E-state index in [-0.39, 0.29) is 12.0 Å². The number of ketones is 1. The highest BCUT2D eigenvalue weighted by atomic mass is 32.2. The molecule has 0 radical (unpaired) electrons. The average molecular weight is 297 g/mol. The third-order valence-corrected chi connectivity index (χ3v) is 4.95. The zero-order valence-corrected chi connectivity index (χ0v) is 12.7. The predicted molar refractivity (Wildman–Crippen MR) is 89.7 cm³/mol. The standard InChI is InChI=1S/C18H19NOS/c20-17-11-12-21-13-16(17)18(14-7-3-1-4-8-14)19-15-9-5-2-6-10-15/h1-10,16,18-19H,11-13H2. The molecule has 1 heterocycles. The molecular formula is C18H19NOS. The highest BCUT2D eigenvalue weighted by Crippen LogP contribution is 2.33. The number of rotatable bonds is 4. The van der Waals surface area contributed by atoms with Gasteiger partial charge in [0.25, 0.3) is 0 Å². The monoisotopic (exact) mass is 297 g/mol. The summed E-state index contributed by atoms with van der Waals surface area (Å²) >= 11 is 1.88. The van der Waals surface area contributed by atoms with Gasteiger partial charge in [0.2, 0.25) is 0 Å². The van der Waals surface area contributed by atoms with Gasteiger partial charge in [0.15, 0.2) is 0 Å². The van der Waals surface area contributed by atoms with E-state index in [1.165, 1.54) is 5.56 Å². The van der Waals surface area contributed by atoms with Crippen LogP contribution < -0.4 is 5.32 Å². The first-order chi connectivity index (χ1) is 10.3. The predicted octanol–water partition coefficient (Wildman–Crippen LogP) is 4.16. The maximum atomic E-state index is 12.3. The topological polar surface area (TPSA) is 29.1 Å². The number of hydrogen-bond acceptors (Lipinski definition) is 3. The third-order valence-electron chi connectivity index (χ3n) is 3.86. The summed E-state index contributed by atoms with van der Waals surface area (Å²) in [4.78, 5) is 12.3. The zero-order chi connectivity index (χ0) is 14.5. The van der Waals surface area contributed by atoms with E-state index in [9.17, 15) is 4.79 Å². The fraction of sp³-hybridized carbons (Fsp3) is 0.278. The van der Waals surface area contributed by atoms with Crippen molar-refractivity contribution in [3.05, 3.63) is 66.2 Å². The van der Waals surface area contributed by atoms with Crippen LogP contribution in [0.25, 0.3) is 0 Å². The van der Waals surface area contributed by atoms with Crippen LogP contribution in [0, 0.1) is 5.92 Å². The first-order valence-electron chi connectivity index (χ1n) is 7.31. The lowest BCUT2D eigenvalue weighted by Gasteiger charge is -2.30. The van der Waals surface area contributed by atoms with Gasteiger partial charge in [-0.25, -0.2) is 0 Å². The number of benzene rings is 2. The molecule has 1 saturated heterocycles. The smallest absolute Gasteiger partial charge is 0.140 e. The molecule has 0 amide bonds. The Hall–Kier alpha value is -1.74. The van der Waals surface area contributed by atoms with Crippen molar-refractivity contribution < 1.29 is 4.79 Å². The van der Waals surface area contributed by atoms with Gasteiger partial charge in [0, 0.05) is 23.6 Å². The van der Waals surface area contributed by atoms with Gasteiger partial charge in [0.05, 0.1) is 12.0 Å². The van der Waals surface area contributed by atoms with Gasteiger partial charge >= 0.3 is 0 Å². The molecule has 0 aromatic heterocycles. The van der Waals surface area contributed by atoms with Crippen molar-refractivity contribution in [3.8, 4) is 0 Å². The fourth-order valence-electron chi connectivity index (χ4n) is 2.73. The number of thioether (sulfide) groups is 1. The summed E-state index contributed by atoms with van der Waals surface area (Å²) in [6.45, 7) is 0. The summed E-state index contributed by atoms with van der Waals surface area (Å²) in [6.07, 6.45) is 0.690. The lowest BCUT2D eigenvalue weighted by Crippen LogP contribution is -2.32. The molecule has 0 saturated carbocycles. The molecule has 1 fully saturated rings. The van der Waals surface area contributed by atoms with Crippen molar-refractivity contribution in [1.29, 1.82) is 0 Å². The second-order valence-electron chi connectivity index (χ2n) is 5.30. The SMILES string of the molecule is O=C1CCSCC1C(Nc1ccccc1)c1ccccc1. The molecule has 0 bridgehead atoms. The third kappa shape index (κ3) is 3.48. The summed E-state index contributed by atoms with van der Waals surface area (Å²) in [5.41, 5.74) is 2.25. The average Bonchev–Trinajstić information content (AvgIpc) is 2.55. The second-order valence-corrected chi connectivity index (χ2v) is 6.45. The van der Waals surface area contributed by atoms with Crippen LogP contribution in [0.4, 0.5) is 5.69 Å². The minimum Gasteiger partial charge on any atom is -0.377 e. The largest absolute Gasteiger partial charge is 0.377 e.